The zero-order chi connectivity index (χ0) is 21.2. The number of fused-ring (bicyclic) bond motifs is 1. The van der Waals surface area contributed by atoms with Crippen LogP contribution in [-0.4, -0.2) is 34.3 Å². The van der Waals surface area contributed by atoms with Gasteiger partial charge in [0.05, 0.1) is 7.11 Å². The summed E-state index contributed by atoms with van der Waals surface area (Å²) in [6.45, 7) is 3.59. The lowest BCUT2D eigenvalue weighted by molar-refractivity contribution is -0.111. The Labute approximate surface area is 169 Å². The molecule has 0 atom stereocenters. The number of methoxy groups -OCH3 is 1. The molecule has 154 valence electrons. The number of carbonyl (C=O) groups is 1. The standard InChI is InChI=1S/C20H22N2O6S/c1-20(2)27-15-9-7-14(12-17(15)28-20)22-19(23)10-6-13-5-8-16(26-4)18(11-13)29(24,25)21-3/h5-12,21H,1-4H3,(H,22,23). The summed E-state index contributed by atoms with van der Waals surface area (Å²) in [5, 5.41) is 2.73. The van der Waals surface area contributed by atoms with Crippen LogP contribution in [0.4, 0.5) is 5.69 Å². The monoisotopic (exact) mass is 418 g/mol. The maximum atomic E-state index is 12.2. The van der Waals surface area contributed by atoms with E-state index in [-0.39, 0.29) is 16.6 Å². The molecule has 29 heavy (non-hydrogen) atoms. The van der Waals surface area contributed by atoms with Crippen LogP contribution in [0.2, 0.25) is 0 Å². The van der Waals surface area contributed by atoms with Gasteiger partial charge in [0.2, 0.25) is 21.7 Å². The first-order valence-electron chi connectivity index (χ1n) is 8.76. The summed E-state index contributed by atoms with van der Waals surface area (Å²) in [7, 11) is -0.996. The van der Waals surface area contributed by atoms with Crippen molar-refractivity contribution in [1.29, 1.82) is 0 Å². The van der Waals surface area contributed by atoms with Gasteiger partial charge in [-0.2, -0.15) is 0 Å². The Morgan fingerprint density at radius 3 is 2.52 bits per heavy atom. The fraction of sp³-hybridized carbons (Fsp3) is 0.250. The van der Waals surface area contributed by atoms with Crippen molar-refractivity contribution in [2.24, 2.45) is 0 Å². The van der Waals surface area contributed by atoms with Crippen molar-refractivity contribution in [3.8, 4) is 17.2 Å². The maximum Gasteiger partial charge on any atom is 0.248 e. The Balaban J connectivity index is 1.74. The first-order chi connectivity index (χ1) is 13.6. The highest BCUT2D eigenvalue weighted by Gasteiger charge is 2.31. The molecular weight excluding hydrogens is 396 g/mol. The number of amides is 1. The third-order valence-corrected chi connectivity index (χ3v) is 5.53. The Bertz CT molecular complexity index is 1080. The topological polar surface area (TPSA) is 103 Å². The van der Waals surface area contributed by atoms with E-state index in [1.807, 2.05) is 0 Å². The van der Waals surface area contributed by atoms with Crippen LogP contribution in [0.25, 0.3) is 6.08 Å². The summed E-state index contributed by atoms with van der Waals surface area (Å²) in [5.41, 5.74) is 1.08. The SMILES string of the molecule is CNS(=O)(=O)c1cc(C=CC(=O)Nc2ccc3c(c2)OC(C)(C)O3)ccc1OC. The summed E-state index contributed by atoms with van der Waals surface area (Å²) in [6.07, 6.45) is 2.83. The molecule has 3 rings (SSSR count). The van der Waals surface area contributed by atoms with Crippen molar-refractivity contribution in [2.75, 3.05) is 19.5 Å². The van der Waals surface area contributed by atoms with E-state index in [0.717, 1.165) is 0 Å². The summed E-state index contributed by atoms with van der Waals surface area (Å²) in [4.78, 5) is 12.2. The van der Waals surface area contributed by atoms with E-state index in [1.54, 1.807) is 38.1 Å². The lowest BCUT2D eigenvalue weighted by Crippen LogP contribution is -2.29. The lowest BCUT2D eigenvalue weighted by atomic mass is 10.2. The van der Waals surface area contributed by atoms with Crippen LogP contribution in [0.5, 0.6) is 17.2 Å². The number of rotatable bonds is 6. The molecule has 2 aromatic rings. The van der Waals surface area contributed by atoms with Crippen LogP contribution in [0.3, 0.4) is 0 Å². The van der Waals surface area contributed by atoms with Gasteiger partial charge in [-0.25, -0.2) is 13.1 Å². The highest BCUT2D eigenvalue weighted by atomic mass is 32.2. The predicted molar refractivity (Wildman–Crippen MR) is 109 cm³/mol. The van der Waals surface area contributed by atoms with Gasteiger partial charge < -0.3 is 19.5 Å². The number of sulfonamides is 1. The van der Waals surface area contributed by atoms with E-state index in [4.69, 9.17) is 14.2 Å². The Kier molecular flexibility index (Phi) is 5.54. The quantitative estimate of drug-likeness (QED) is 0.700. The van der Waals surface area contributed by atoms with Gasteiger partial charge in [0.1, 0.15) is 10.6 Å². The fourth-order valence-corrected chi connectivity index (χ4v) is 3.70. The highest BCUT2D eigenvalue weighted by Crippen LogP contribution is 2.40. The minimum atomic E-state index is -3.70. The largest absolute Gasteiger partial charge is 0.495 e. The number of hydrogen-bond donors (Lipinski definition) is 2. The second-order valence-corrected chi connectivity index (χ2v) is 8.56. The summed E-state index contributed by atoms with van der Waals surface area (Å²) in [5.74, 6) is 0.250. The molecule has 0 fully saturated rings. The van der Waals surface area contributed by atoms with Gasteiger partial charge in [0.25, 0.3) is 0 Å². The molecule has 0 aliphatic carbocycles. The molecule has 0 bridgehead atoms. The second kappa shape index (κ2) is 7.76. The van der Waals surface area contributed by atoms with E-state index in [1.165, 1.54) is 38.4 Å². The molecular formula is C20H22N2O6S. The lowest BCUT2D eigenvalue weighted by Gasteiger charge is -2.16. The van der Waals surface area contributed by atoms with Crippen molar-refractivity contribution >= 4 is 27.7 Å². The molecule has 2 aromatic carbocycles. The number of carbonyl (C=O) groups excluding carboxylic acids is 1. The van der Waals surface area contributed by atoms with Gasteiger partial charge in [0, 0.05) is 31.7 Å². The van der Waals surface area contributed by atoms with E-state index in [9.17, 15) is 13.2 Å². The predicted octanol–water partition coefficient (Wildman–Crippen LogP) is 2.76. The van der Waals surface area contributed by atoms with E-state index in [0.29, 0.717) is 22.7 Å². The van der Waals surface area contributed by atoms with E-state index >= 15 is 0 Å². The van der Waals surface area contributed by atoms with Crippen molar-refractivity contribution in [3.63, 3.8) is 0 Å². The van der Waals surface area contributed by atoms with Gasteiger partial charge in [-0.15, -0.1) is 0 Å². The van der Waals surface area contributed by atoms with Gasteiger partial charge in [-0.05, 0) is 43.0 Å². The molecule has 0 saturated heterocycles. The van der Waals surface area contributed by atoms with Gasteiger partial charge >= 0.3 is 0 Å². The number of nitrogens with one attached hydrogen (secondary N) is 2. The third-order valence-electron chi connectivity index (χ3n) is 4.10. The second-order valence-electron chi connectivity index (χ2n) is 6.71. The molecule has 0 spiro atoms. The van der Waals surface area contributed by atoms with Crippen LogP contribution in [0.1, 0.15) is 19.4 Å². The molecule has 0 aromatic heterocycles. The van der Waals surface area contributed by atoms with Crippen LogP contribution in [0.15, 0.2) is 47.4 Å². The van der Waals surface area contributed by atoms with Crippen molar-refractivity contribution < 1.29 is 27.4 Å². The molecule has 1 aliphatic rings. The van der Waals surface area contributed by atoms with Gasteiger partial charge in [-0.1, -0.05) is 6.07 Å². The minimum Gasteiger partial charge on any atom is -0.495 e. The van der Waals surface area contributed by atoms with Crippen LogP contribution in [0, 0.1) is 0 Å². The smallest absolute Gasteiger partial charge is 0.248 e. The zero-order valence-electron chi connectivity index (χ0n) is 16.5. The van der Waals surface area contributed by atoms with Crippen molar-refractivity contribution in [1.82, 2.24) is 4.72 Å². The molecule has 0 radical (unpaired) electrons. The van der Waals surface area contributed by atoms with Gasteiger partial charge in [-0.3, -0.25) is 4.79 Å². The molecule has 2 N–H and O–H groups in total. The third kappa shape index (κ3) is 4.69. The van der Waals surface area contributed by atoms with E-state index < -0.39 is 15.8 Å². The molecule has 9 heteroatoms. The molecule has 1 heterocycles. The maximum absolute atomic E-state index is 12.2. The van der Waals surface area contributed by atoms with Crippen LogP contribution >= 0.6 is 0 Å². The average molecular weight is 418 g/mol. The minimum absolute atomic E-state index is 0.0107. The van der Waals surface area contributed by atoms with Gasteiger partial charge in [0.15, 0.2) is 11.5 Å². The first-order valence-corrected chi connectivity index (χ1v) is 10.2. The van der Waals surface area contributed by atoms with Crippen molar-refractivity contribution in [2.45, 2.75) is 24.5 Å². The number of ether oxygens (including phenoxy) is 3. The number of anilines is 1. The molecule has 1 amide bonds. The Morgan fingerprint density at radius 2 is 1.83 bits per heavy atom. The zero-order valence-corrected chi connectivity index (χ0v) is 17.3. The number of benzene rings is 2. The first kappa shape index (κ1) is 20.7. The van der Waals surface area contributed by atoms with Crippen molar-refractivity contribution in [3.05, 3.63) is 48.0 Å². The molecule has 0 saturated carbocycles. The van der Waals surface area contributed by atoms with Crippen LogP contribution in [-0.2, 0) is 14.8 Å². The Morgan fingerprint density at radius 1 is 1.10 bits per heavy atom. The fourth-order valence-electron chi connectivity index (χ4n) is 2.77. The normalized spacial score (nSPS) is 14.8. The Hall–Kier alpha value is -3.04. The summed E-state index contributed by atoms with van der Waals surface area (Å²) in [6, 6.07) is 9.72. The molecule has 8 nitrogen and oxygen atoms in total. The summed E-state index contributed by atoms with van der Waals surface area (Å²) < 4.78 is 42.9. The number of hydrogen-bond acceptors (Lipinski definition) is 6. The summed E-state index contributed by atoms with van der Waals surface area (Å²) >= 11 is 0. The van der Waals surface area contributed by atoms with E-state index in [2.05, 4.69) is 10.0 Å². The molecule has 1 aliphatic heterocycles. The average Bonchev–Trinajstić information content (AvgIpc) is 2.99. The highest BCUT2D eigenvalue weighted by molar-refractivity contribution is 7.89. The van der Waals surface area contributed by atoms with Crippen LogP contribution < -0.4 is 24.2 Å². The molecule has 0 unspecified atom stereocenters.